The number of hydrogen-bond acceptors (Lipinski definition) is 15. The predicted octanol–water partition coefficient (Wildman–Crippen LogP) is 8.87. The summed E-state index contributed by atoms with van der Waals surface area (Å²) in [5.41, 5.74) is -0.187. The lowest BCUT2D eigenvalue weighted by atomic mass is 9.75. The van der Waals surface area contributed by atoms with Gasteiger partial charge >= 0.3 is 17.9 Å². The summed E-state index contributed by atoms with van der Waals surface area (Å²) in [6, 6.07) is 1.73. The summed E-state index contributed by atoms with van der Waals surface area (Å²) in [6.07, 6.45) is 1.20. The van der Waals surface area contributed by atoms with Gasteiger partial charge in [0.05, 0.1) is 58.4 Å². The second kappa shape index (κ2) is 25.0. The van der Waals surface area contributed by atoms with Crippen LogP contribution in [0, 0.1) is 0 Å². The van der Waals surface area contributed by atoms with Crippen LogP contribution >= 0.6 is 0 Å². The lowest BCUT2D eigenvalue weighted by molar-refractivity contribution is -0.352. The van der Waals surface area contributed by atoms with Gasteiger partial charge in [-0.2, -0.15) is 0 Å². The molecule has 0 aliphatic heterocycles. The predicted molar refractivity (Wildman–Crippen MR) is 227 cm³/mol. The van der Waals surface area contributed by atoms with Gasteiger partial charge in [-0.05, 0) is 89.2 Å². The highest BCUT2D eigenvalue weighted by molar-refractivity contribution is 5.93. The molecule has 0 unspecified atom stereocenters. The Bertz CT molecular complexity index is 1690. The van der Waals surface area contributed by atoms with Crippen LogP contribution in [0.5, 0.6) is 51.7 Å². The molecule has 0 bridgehead atoms. The normalized spacial score (nSPS) is 11.7. The second-order valence-electron chi connectivity index (χ2n) is 13.0. The molecule has 0 saturated carbocycles. The van der Waals surface area contributed by atoms with Crippen LogP contribution in [0.25, 0.3) is 0 Å². The minimum Gasteiger partial charge on any atom is -0.501 e. The Morgan fingerprint density at radius 1 is 0.517 bits per heavy atom. The zero-order valence-electron chi connectivity index (χ0n) is 38.3. The van der Waals surface area contributed by atoms with Crippen LogP contribution in [0.1, 0.15) is 108 Å². The number of ether oxygens (including phenoxy) is 13. The molecule has 2 aromatic carbocycles. The van der Waals surface area contributed by atoms with E-state index in [0.717, 1.165) is 0 Å². The number of esters is 2. The van der Waals surface area contributed by atoms with Crippen molar-refractivity contribution in [3.8, 4) is 51.7 Å². The number of hydrogen-bond donors (Lipinski definition) is 0. The smallest absolute Gasteiger partial charge is 0.351 e. The van der Waals surface area contributed by atoms with E-state index in [-0.39, 0.29) is 136 Å². The van der Waals surface area contributed by atoms with Crippen LogP contribution < -0.4 is 42.6 Å². The van der Waals surface area contributed by atoms with Crippen molar-refractivity contribution in [2.45, 2.75) is 108 Å². The molecule has 0 aliphatic carbocycles. The molecule has 0 aromatic heterocycles. The van der Waals surface area contributed by atoms with Crippen molar-refractivity contribution < 1.29 is 71.2 Å². The van der Waals surface area contributed by atoms with Gasteiger partial charge in [0, 0.05) is 36.4 Å². The maximum atomic E-state index is 14.6. The molecule has 338 valence electrons. The van der Waals surface area contributed by atoms with E-state index >= 15 is 0 Å². The van der Waals surface area contributed by atoms with Crippen LogP contribution in [-0.4, -0.2) is 90.6 Å². The zero-order valence-corrected chi connectivity index (χ0v) is 38.3. The van der Waals surface area contributed by atoms with Gasteiger partial charge in [-0.3, -0.25) is 0 Å². The fourth-order valence-corrected chi connectivity index (χ4v) is 6.20. The molecule has 0 amide bonds. The van der Waals surface area contributed by atoms with Gasteiger partial charge < -0.3 is 61.6 Å². The van der Waals surface area contributed by atoms with E-state index in [2.05, 4.69) is 6.58 Å². The molecule has 2 rings (SSSR count). The van der Waals surface area contributed by atoms with E-state index in [0.29, 0.717) is 11.1 Å². The maximum absolute atomic E-state index is 14.6. The molecule has 0 saturated heterocycles. The molecule has 0 atom stereocenters. The van der Waals surface area contributed by atoms with Crippen molar-refractivity contribution in [3.05, 3.63) is 41.2 Å². The standard InChI is InChI=1S/C45H68O15/c1-16-48-28-31(45(56-24-9,57-25-10)58-26-11)43(47)60-41-39(54-22-7)36(51-19-4)33(37(52-20-5)40(41)55-23-8)44(14,15)30-27-32(49-17-2)35(59-42(46)29(12)13)38(53-21-6)34(30)50-18-3/h27-28H,12,16-26H2,1-11,13-15H3. The molecule has 15 nitrogen and oxygen atoms in total. The summed E-state index contributed by atoms with van der Waals surface area (Å²) in [7, 11) is 0. The third-order valence-corrected chi connectivity index (χ3v) is 8.42. The van der Waals surface area contributed by atoms with Crippen LogP contribution in [0.15, 0.2) is 30.1 Å². The van der Waals surface area contributed by atoms with E-state index in [1.807, 2.05) is 41.5 Å². The van der Waals surface area contributed by atoms with E-state index in [1.54, 1.807) is 61.5 Å². The maximum Gasteiger partial charge on any atom is 0.351 e. The zero-order chi connectivity index (χ0) is 45.0. The summed E-state index contributed by atoms with van der Waals surface area (Å²) in [6.45, 7) is 30.6. The topological polar surface area (TPSA) is 154 Å². The van der Waals surface area contributed by atoms with E-state index in [9.17, 15) is 9.59 Å². The Kier molecular flexibility index (Phi) is 21.4. The van der Waals surface area contributed by atoms with Crippen LogP contribution in [0.2, 0.25) is 0 Å². The number of benzene rings is 2. The third-order valence-electron chi connectivity index (χ3n) is 8.42. The van der Waals surface area contributed by atoms with Crippen LogP contribution in [0.3, 0.4) is 0 Å². The molecular formula is C45H68O15. The third kappa shape index (κ3) is 11.9. The molecule has 2 aromatic rings. The van der Waals surface area contributed by atoms with Gasteiger partial charge in [0.15, 0.2) is 28.6 Å². The average molecular weight is 849 g/mol. The van der Waals surface area contributed by atoms with E-state index in [1.165, 1.54) is 6.26 Å². The van der Waals surface area contributed by atoms with Crippen molar-refractivity contribution in [1.29, 1.82) is 0 Å². The van der Waals surface area contributed by atoms with Crippen molar-refractivity contribution in [2.75, 3.05) is 72.7 Å². The molecule has 0 radical (unpaired) electrons. The lowest BCUT2D eigenvalue weighted by Gasteiger charge is -2.35. The molecule has 15 heteroatoms. The summed E-state index contributed by atoms with van der Waals surface area (Å²) < 4.78 is 80.1. The summed E-state index contributed by atoms with van der Waals surface area (Å²) in [5, 5.41) is 0. The first-order valence-electron chi connectivity index (χ1n) is 20.9. The van der Waals surface area contributed by atoms with Crippen molar-refractivity contribution in [1.82, 2.24) is 0 Å². The van der Waals surface area contributed by atoms with E-state index in [4.69, 9.17) is 61.6 Å². The lowest BCUT2D eigenvalue weighted by Crippen LogP contribution is -2.45. The van der Waals surface area contributed by atoms with Gasteiger partial charge in [-0.1, -0.05) is 20.4 Å². The monoisotopic (exact) mass is 848 g/mol. The quantitative estimate of drug-likeness (QED) is 0.0251. The fraction of sp³-hybridized carbons (Fsp3) is 0.600. The fourth-order valence-electron chi connectivity index (χ4n) is 6.20. The number of carbonyl (C=O) groups is 2. The first-order valence-corrected chi connectivity index (χ1v) is 20.9. The van der Waals surface area contributed by atoms with Crippen molar-refractivity contribution >= 4 is 11.9 Å². The van der Waals surface area contributed by atoms with Gasteiger partial charge in [0.25, 0.3) is 0 Å². The van der Waals surface area contributed by atoms with Crippen molar-refractivity contribution in [3.63, 3.8) is 0 Å². The summed E-state index contributed by atoms with van der Waals surface area (Å²) in [5.74, 6) is -2.57. The highest BCUT2D eigenvalue weighted by Gasteiger charge is 2.46. The van der Waals surface area contributed by atoms with Crippen LogP contribution in [-0.2, 0) is 34.0 Å². The molecule has 60 heavy (non-hydrogen) atoms. The first kappa shape index (κ1) is 51.3. The van der Waals surface area contributed by atoms with Crippen LogP contribution in [0.4, 0.5) is 0 Å². The molecule has 0 N–H and O–H groups in total. The van der Waals surface area contributed by atoms with Gasteiger partial charge in [0.2, 0.25) is 28.7 Å². The Hall–Kier alpha value is -4.86. The average Bonchev–Trinajstić information content (AvgIpc) is 3.20. The minimum atomic E-state index is -1.98. The minimum absolute atomic E-state index is 0.0372. The highest BCUT2D eigenvalue weighted by atomic mass is 16.9. The first-order chi connectivity index (χ1) is 28.7. The Morgan fingerprint density at radius 2 is 0.917 bits per heavy atom. The number of carbonyl (C=O) groups excluding carboxylic acids is 2. The van der Waals surface area contributed by atoms with Gasteiger partial charge in [0.1, 0.15) is 6.26 Å². The SMILES string of the molecule is C=C(C)C(=O)Oc1c(OCC)cc(C(C)(C)c2c(OCC)c(OCC)c(OC(=O)C(=COCC)C(OCC)(OCC)OCC)c(OCC)c2OCC)c(OCC)c1OCC. The molecule has 0 aliphatic rings. The largest absolute Gasteiger partial charge is 0.501 e. The van der Waals surface area contributed by atoms with E-state index < -0.39 is 23.3 Å². The second-order valence-corrected chi connectivity index (χ2v) is 13.0. The molecule has 0 spiro atoms. The Labute approximate surface area is 356 Å². The highest BCUT2D eigenvalue weighted by Crippen LogP contribution is 2.61. The number of rotatable bonds is 29. The van der Waals surface area contributed by atoms with Crippen molar-refractivity contribution in [2.24, 2.45) is 0 Å². The summed E-state index contributed by atoms with van der Waals surface area (Å²) in [4.78, 5) is 27.6. The van der Waals surface area contributed by atoms with Gasteiger partial charge in [-0.15, -0.1) is 0 Å². The molecule has 0 heterocycles. The van der Waals surface area contributed by atoms with Gasteiger partial charge in [-0.25, -0.2) is 9.59 Å². The molecular weight excluding hydrogens is 780 g/mol. The molecule has 0 fully saturated rings. The Balaban J connectivity index is 3.32. The Morgan fingerprint density at radius 3 is 1.32 bits per heavy atom. The summed E-state index contributed by atoms with van der Waals surface area (Å²) >= 11 is 0.